The molecule has 3 aliphatic rings. The summed E-state index contributed by atoms with van der Waals surface area (Å²) < 4.78 is 13.3. The maximum Gasteiger partial charge on any atom is 0.144 e. The molecule has 0 radical (unpaired) electrons. The Kier molecular flexibility index (Phi) is 4.91. The number of nitrogens with zero attached hydrogens (tertiary/aromatic N) is 4. The van der Waals surface area contributed by atoms with Crippen LogP contribution in [0.15, 0.2) is 36.7 Å². The molecule has 8 nitrogen and oxygen atoms in total. The van der Waals surface area contributed by atoms with Crippen LogP contribution in [-0.4, -0.2) is 67.1 Å². The van der Waals surface area contributed by atoms with Crippen molar-refractivity contribution in [1.82, 2.24) is 19.9 Å². The predicted molar refractivity (Wildman–Crippen MR) is 125 cm³/mol. The van der Waals surface area contributed by atoms with Crippen LogP contribution in [0.25, 0.3) is 16.9 Å². The molecule has 2 N–H and O–H groups in total. The van der Waals surface area contributed by atoms with Crippen molar-refractivity contribution >= 4 is 22.5 Å². The standard InChI is InChI=1S/C24H30N6O2/c1-31-21-11-18-19(12-20(21)29-9-6-24(7-10-29)14-32-15-24)30(16-26-18)23-4-2-3-22(28-23)27-17-5-8-25-13-17/h2-4,11-12,16-17,25H,5-10,13-15H2,1H3,(H,27,28). The zero-order valence-electron chi connectivity index (χ0n) is 18.5. The van der Waals surface area contributed by atoms with E-state index in [0.29, 0.717) is 11.5 Å². The van der Waals surface area contributed by atoms with Crippen LogP contribution in [-0.2, 0) is 4.74 Å². The van der Waals surface area contributed by atoms with Crippen molar-refractivity contribution in [3.8, 4) is 11.6 Å². The van der Waals surface area contributed by atoms with Crippen LogP contribution in [0.1, 0.15) is 19.3 Å². The Morgan fingerprint density at radius 1 is 1.22 bits per heavy atom. The van der Waals surface area contributed by atoms with Gasteiger partial charge >= 0.3 is 0 Å². The number of imidazole rings is 1. The highest BCUT2D eigenvalue weighted by Gasteiger charge is 2.41. The molecule has 2 aromatic heterocycles. The average molecular weight is 435 g/mol. The first-order valence-electron chi connectivity index (χ1n) is 11.6. The van der Waals surface area contributed by atoms with E-state index in [1.165, 1.54) is 12.8 Å². The number of rotatable bonds is 5. The first-order chi connectivity index (χ1) is 15.7. The van der Waals surface area contributed by atoms with Crippen molar-refractivity contribution in [3.05, 3.63) is 36.7 Å². The van der Waals surface area contributed by atoms with E-state index in [2.05, 4.69) is 31.2 Å². The summed E-state index contributed by atoms with van der Waals surface area (Å²) in [5.41, 5.74) is 3.48. The lowest BCUT2D eigenvalue weighted by Crippen LogP contribution is -2.51. The molecule has 5 heterocycles. The molecular formula is C24H30N6O2. The summed E-state index contributed by atoms with van der Waals surface area (Å²) in [4.78, 5) is 12.0. The molecule has 0 amide bonds. The fraction of sp³-hybridized carbons (Fsp3) is 0.500. The topological polar surface area (TPSA) is 76.5 Å². The Hall–Kier alpha value is -2.84. The van der Waals surface area contributed by atoms with E-state index in [9.17, 15) is 0 Å². The van der Waals surface area contributed by atoms with Crippen molar-refractivity contribution in [3.63, 3.8) is 0 Å². The third kappa shape index (κ3) is 3.47. The van der Waals surface area contributed by atoms with Crippen LogP contribution < -0.4 is 20.3 Å². The van der Waals surface area contributed by atoms with Crippen molar-refractivity contribution in [1.29, 1.82) is 0 Å². The van der Waals surface area contributed by atoms with Gasteiger partial charge in [0.25, 0.3) is 0 Å². The molecule has 3 aromatic rings. The number of hydrogen-bond donors (Lipinski definition) is 2. The Bertz CT molecular complexity index is 1110. The molecule has 0 aliphatic carbocycles. The fourth-order valence-electron chi connectivity index (χ4n) is 5.14. The first-order valence-corrected chi connectivity index (χ1v) is 11.6. The first kappa shape index (κ1) is 19.8. The van der Waals surface area contributed by atoms with Gasteiger partial charge in [-0.05, 0) is 44.0 Å². The minimum Gasteiger partial charge on any atom is -0.495 e. The predicted octanol–water partition coefficient (Wildman–Crippen LogP) is 2.82. The van der Waals surface area contributed by atoms with Gasteiger partial charge < -0.3 is 25.0 Å². The molecule has 32 heavy (non-hydrogen) atoms. The van der Waals surface area contributed by atoms with Crippen LogP contribution in [0.4, 0.5) is 11.5 Å². The molecule has 0 saturated carbocycles. The van der Waals surface area contributed by atoms with Crippen molar-refractivity contribution < 1.29 is 9.47 Å². The van der Waals surface area contributed by atoms with Gasteiger partial charge in [0, 0.05) is 37.2 Å². The summed E-state index contributed by atoms with van der Waals surface area (Å²) in [6, 6.07) is 10.8. The van der Waals surface area contributed by atoms with Gasteiger partial charge in [0.1, 0.15) is 23.7 Å². The highest BCUT2D eigenvalue weighted by atomic mass is 16.5. The average Bonchev–Trinajstić information content (AvgIpc) is 3.47. The second-order valence-electron chi connectivity index (χ2n) is 9.32. The van der Waals surface area contributed by atoms with Crippen molar-refractivity contribution in [2.45, 2.75) is 25.3 Å². The lowest BCUT2D eigenvalue weighted by Gasteiger charge is -2.48. The summed E-state index contributed by atoms with van der Waals surface area (Å²) in [7, 11) is 1.74. The quantitative estimate of drug-likeness (QED) is 0.639. The Balaban J connectivity index is 1.32. The van der Waals surface area contributed by atoms with E-state index in [1.807, 2.05) is 30.6 Å². The van der Waals surface area contributed by atoms with Crippen molar-refractivity contribution in [2.24, 2.45) is 5.41 Å². The summed E-state index contributed by atoms with van der Waals surface area (Å²) in [6.45, 7) is 5.90. The number of methoxy groups -OCH3 is 1. The maximum atomic E-state index is 5.76. The number of aromatic nitrogens is 3. The monoisotopic (exact) mass is 434 g/mol. The van der Waals surface area contributed by atoms with Crippen LogP contribution in [0.5, 0.6) is 5.75 Å². The molecule has 6 rings (SSSR count). The summed E-state index contributed by atoms with van der Waals surface area (Å²) in [6.07, 6.45) is 5.30. The number of hydrogen-bond acceptors (Lipinski definition) is 7. The SMILES string of the molecule is COc1cc2ncn(-c3cccc(NC4CCNC4)n3)c2cc1N1CCC2(CC1)COC2. The number of fused-ring (bicyclic) bond motifs is 1. The molecule has 1 spiro atoms. The summed E-state index contributed by atoms with van der Waals surface area (Å²) >= 11 is 0. The van der Waals surface area contributed by atoms with Gasteiger partial charge in [0.05, 0.1) is 37.0 Å². The second-order valence-corrected chi connectivity index (χ2v) is 9.32. The van der Waals surface area contributed by atoms with E-state index in [0.717, 1.165) is 79.9 Å². The minimum atomic E-state index is 0.405. The van der Waals surface area contributed by atoms with Crippen LogP contribution in [0, 0.1) is 5.41 Å². The summed E-state index contributed by atoms with van der Waals surface area (Å²) in [5.74, 6) is 2.64. The zero-order valence-corrected chi connectivity index (χ0v) is 18.5. The molecule has 168 valence electrons. The van der Waals surface area contributed by atoms with Gasteiger partial charge in [-0.25, -0.2) is 9.97 Å². The lowest BCUT2D eigenvalue weighted by molar-refractivity contribution is -0.124. The normalized spacial score (nSPS) is 22.3. The molecule has 3 saturated heterocycles. The lowest BCUT2D eigenvalue weighted by atomic mass is 9.77. The van der Waals surface area contributed by atoms with E-state index in [-0.39, 0.29) is 0 Å². The van der Waals surface area contributed by atoms with Gasteiger partial charge in [0.15, 0.2) is 0 Å². The van der Waals surface area contributed by atoms with E-state index in [1.54, 1.807) is 7.11 Å². The molecule has 1 aromatic carbocycles. The van der Waals surface area contributed by atoms with Gasteiger partial charge in [-0.15, -0.1) is 0 Å². The molecule has 1 atom stereocenters. The van der Waals surface area contributed by atoms with Gasteiger partial charge in [-0.3, -0.25) is 4.57 Å². The summed E-state index contributed by atoms with van der Waals surface area (Å²) in [5, 5.41) is 6.94. The Labute approximate surface area is 187 Å². The van der Waals surface area contributed by atoms with Crippen LogP contribution in [0.2, 0.25) is 0 Å². The molecule has 3 aliphatic heterocycles. The fourth-order valence-corrected chi connectivity index (χ4v) is 5.14. The molecule has 8 heteroatoms. The molecule has 1 unspecified atom stereocenters. The Morgan fingerprint density at radius 3 is 2.81 bits per heavy atom. The molecular weight excluding hydrogens is 404 g/mol. The minimum absolute atomic E-state index is 0.405. The highest BCUT2D eigenvalue weighted by molar-refractivity contribution is 5.85. The van der Waals surface area contributed by atoms with Crippen LogP contribution >= 0.6 is 0 Å². The van der Waals surface area contributed by atoms with E-state index < -0.39 is 0 Å². The number of pyridine rings is 1. The Morgan fingerprint density at radius 2 is 2.09 bits per heavy atom. The number of ether oxygens (including phenoxy) is 2. The molecule has 0 bridgehead atoms. The van der Waals surface area contributed by atoms with E-state index >= 15 is 0 Å². The van der Waals surface area contributed by atoms with Gasteiger partial charge in [-0.2, -0.15) is 0 Å². The largest absolute Gasteiger partial charge is 0.495 e. The van der Waals surface area contributed by atoms with Gasteiger partial charge in [0.2, 0.25) is 0 Å². The smallest absolute Gasteiger partial charge is 0.144 e. The number of benzene rings is 1. The number of piperidine rings is 1. The third-order valence-electron chi connectivity index (χ3n) is 7.22. The van der Waals surface area contributed by atoms with Gasteiger partial charge in [-0.1, -0.05) is 6.07 Å². The number of anilines is 2. The highest BCUT2D eigenvalue weighted by Crippen LogP contribution is 2.42. The number of nitrogens with one attached hydrogen (secondary N) is 2. The second kappa shape index (κ2) is 7.94. The zero-order chi connectivity index (χ0) is 21.5. The van der Waals surface area contributed by atoms with Crippen LogP contribution in [0.3, 0.4) is 0 Å². The van der Waals surface area contributed by atoms with Crippen molar-refractivity contribution in [2.75, 3.05) is 56.7 Å². The van der Waals surface area contributed by atoms with E-state index in [4.69, 9.17) is 14.5 Å². The maximum absolute atomic E-state index is 5.76. The molecule has 3 fully saturated rings. The third-order valence-corrected chi connectivity index (χ3v) is 7.22.